The molecule has 2 rings (SSSR count). The highest BCUT2D eigenvalue weighted by molar-refractivity contribution is 6.30. The Morgan fingerprint density at radius 1 is 1.37 bits per heavy atom. The number of para-hydroxylation sites is 1. The van der Waals surface area contributed by atoms with E-state index in [-0.39, 0.29) is 6.04 Å². The van der Waals surface area contributed by atoms with Crippen LogP contribution in [0, 0.1) is 6.92 Å². The van der Waals surface area contributed by atoms with Gasteiger partial charge in [-0.25, -0.2) is 0 Å². The van der Waals surface area contributed by atoms with Gasteiger partial charge in [0.25, 0.3) is 0 Å². The maximum absolute atomic E-state index is 6.18. The van der Waals surface area contributed by atoms with Crippen LogP contribution >= 0.6 is 11.6 Å². The molecule has 0 spiro atoms. The highest BCUT2D eigenvalue weighted by Gasteiger charge is 2.15. The molecule has 0 bridgehead atoms. The van der Waals surface area contributed by atoms with E-state index in [4.69, 9.17) is 22.1 Å². The lowest BCUT2D eigenvalue weighted by Gasteiger charge is -2.13. The van der Waals surface area contributed by atoms with Crippen LogP contribution in [0.4, 0.5) is 0 Å². The molecule has 0 aliphatic heterocycles. The van der Waals surface area contributed by atoms with Crippen LogP contribution in [0.15, 0.2) is 30.3 Å². The number of halogens is 1. The molecule has 1 atom stereocenters. The average Bonchev–Trinajstić information content (AvgIpc) is 2.64. The van der Waals surface area contributed by atoms with Gasteiger partial charge in [-0.15, -0.1) is 0 Å². The topological polar surface area (TPSA) is 53.1 Å². The molecule has 2 N–H and O–H groups in total. The van der Waals surface area contributed by atoms with Crippen LogP contribution in [-0.2, 0) is 13.5 Å². The van der Waals surface area contributed by atoms with E-state index in [1.165, 1.54) is 0 Å². The molecule has 4 nitrogen and oxygen atoms in total. The van der Waals surface area contributed by atoms with E-state index in [0.717, 1.165) is 17.0 Å². The number of aryl methyl sites for hydroxylation is 2. The lowest BCUT2D eigenvalue weighted by molar-refractivity contribution is 0.287. The molecule has 2 aromatic rings. The summed E-state index contributed by atoms with van der Waals surface area (Å²) in [4.78, 5) is 0. The van der Waals surface area contributed by atoms with Gasteiger partial charge in [0.05, 0.1) is 5.69 Å². The standard InChI is InChI=1S/C14H18ClN3O/c1-10-13(14(15)18(2)17-10)8-11(16)9-19-12-6-4-3-5-7-12/h3-7,11H,8-9,16H2,1-2H3. The van der Waals surface area contributed by atoms with Crippen LogP contribution in [0.25, 0.3) is 0 Å². The van der Waals surface area contributed by atoms with Crippen molar-refractivity contribution in [3.05, 3.63) is 46.7 Å². The number of hydrogen-bond donors (Lipinski definition) is 1. The zero-order valence-corrected chi connectivity index (χ0v) is 11.9. The number of aromatic nitrogens is 2. The van der Waals surface area contributed by atoms with Gasteiger partial charge < -0.3 is 10.5 Å². The summed E-state index contributed by atoms with van der Waals surface area (Å²) in [5.41, 5.74) is 7.99. The normalized spacial score (nSPS) is 12.4. The minimum Gasteiger partial charge on any atom is -0.492 e. The Morgan fingerprint density at radius 3 is 2.63 bits per heavy atom. The molecule has 0 saturated heterocycles. The highest BCUT2D eigenvalue weighted by atomic mass is 35.5. The van der Waals surface area contributed by atoms with Gasteiger partial charge in [0.15, 0.2) is 0 Å². The third kappa shape index (κ3) is 3.49. The minimum absolute atomic E-state index is 0.111. The number of hydrogen-bond acceptors (Lipinski definition) is 3. The van der Waals surface area contributed by atoms with Gasteiger partial charge >= 0.3 is 0 Å². The van der Waals surface area contributed by atoms with E-state index >= 15 is 0 Å². The van der Waals surface area contributed by atoms with Gasteiger partial charge in [0, 0.05) is 18.7 Å². The SMILES string of the molecule is Cc1nn(C)c(Cl)c1CC(N)COc1ccccc1. The summed E-state index contributed by atoms with van der Waals surface area (Å²) in [6.07, 6.45) is 0.658. The Bertz CT molecular complexity index is 539. The van der Waals surface area contributed by atoms with Crippen molar-refractivity contribution in [2.75, 3.05) is 6.61 Å². The van der Waals surface area contributed by atoms with Crippen molar-refractivity contribution in [3.8, 4) is 5.75 Å². The maximum atomic E-state index is 6.18. The van der Waals surface area contributed by atoms with Gasteiger partial charge in [-0.1, -0.05) is 29.8 Å². The van der Waals surface area contributed by atoms with Gasteiger partial charge in [-0.2, -0.15) is 5.10 Å². The van der Waals surface area contributed by atoms with Gasteiger partial charge in [-0.3, -0.25) is 4.68 Å². The fourth-order valence-electron chi connectivity index (χ4n) is 1.95. The van der Waals surface area contributed by atoms with Gasteiger partial charge in [0.2, 0.25) is 0 Å². The third-order valence-electron chi connectivity index (χ3n) is 2.94. The Hall–Kier alpha value is -1.52. The summed E-state index contributed by atoms with van der Waals surface area (Å²) >= 11 is 6.18. The number of nitrogens with two attached hydrogens (primary N) is 1. The molecule has 0 aliphatic rings. The molecule has 0 saturated carbocycles. The predicted molar refractivity (Wildman–Crippen MR) is 76.6 cm³/mol. The molecule has 0 radical (unpaired) electrons. The number of ether oxygens (including phenoxy) is 1. The van der Waals surface area contributed by atoms with E-state index in [9.17, 15) is 0 Å². The molecule has 5 heteroatoms. The highest BCUT2D eigenvalue weighted by Crippen LogP contribution is 2.20. The van der Waals surface area contributed by atoms with Gasteiger partial charge in [-0.05, 0) is 25.5 Å². The fraction of sp³-hybridized carbons (Fsp3) is 0.357. The van der Waals surface area contributed by atoms with E-state index in [0.29, 0.717) is 18.2 Å². The van der Waals surface area contributed by atoms with Crippen molar-refractivity contribution in [3.63, 3.8) is 0 Å². The summed E-state index contributed by atoms with van der Waals surface area (Å²) in [7, 11) is 1.82. The molecular formula is C14H18ClN3O. The maximum Gasteiger partial charge on any atom is 0.130 e. The lowest BCUT2D eigenvalue weighted by Crippen LogP contribution is -2.30. The van der Waals surface area contributed by atoms with E-state index in [1.54, 1.807) is 4.68 Å². The average molecular weight is 280 g/mol. The predicted octanol–water partition coefficient (Wildman–Crippen LogP) is 2.33. The van der Waals surface area contributed by atoms with Crippen LogP contribution < -0.4 is 10.5 Å². The zero-order chi connectivity index (χ0) is 13.8. The Morgan fingerprint density at radius 2 is 2.05 bits per heavy atom. The monoisotopic (exact) mass is 279 g/mol. The van der Waals surface area contributed by atoms with E-state index in [2.05, 4.69) is 5.10 Å². The second kappa shape index (κ2) is 6.08. The smallest absolute Gasteiger partial charge is 0.130 e. The number of rotatable bonds is 5. The quantitative estimate of drug-likeness (QED) is 0.914. The lowest BCUT2D eigenvalue weighted by atomic mass is 10.1. The molecule has 1 heterocycles. The van der Waals surface area contributed by atoms with Crippen LogP contribution in [0.3, 0.4) is 0 Å². The van der Waals surface area contributed by atoms with Crippen molar-refractivity contribution in [1.29, 1.82) is 0 Å². The first-order valence-electron chi connectivity index (χ1n) is 6.19. The molecule has 19 heavy (non-hydrogen) atoms. The van der Waals surface area contributed by atoms with Crippen LogP contribution in [0.2, 0.25) is 5.15 Å². The summed E-state index contributed by atoms with van der Waals surface area (Å²) < 4.78 is 7.29. The summed E-state index contributed by atoms with van der Waals surface area (Å²) in [6, 6.07) is 9.53. The number of benzene rings is 1. The van der Waals surface area contributed by atoms with Crippen LogP contribution in [0.5, 0.6) is 5.75 Å². The first-order chi connectivity index (χ1) is 9.08. The van der Waals surface area contributed by atoms with Crippen LogP contribution in [0.1, 0.15) is 11.3 Å². The number of nitrogens with zero attached hydrogens (tertiary/aromatic N) is 2. The first-order valence-corrected chi connectivity index (χ1v) is 6.57. The van der Waals surface area contributed by atoms with Gasteiger partial charge in [0.1, 0.15) is 17.5 Å². The van der Waals surface area contributed by atoms with Crippen molar-refractivity contribution in [2.45, 2.75) is 19.4 Å². The second-order valence-corrected chi connectivity index (χ2v) is 4.92. The van der Waals surface area contributed by atoms with Crippen molar-refractivity contribution < 1.29 is 4.74 Å². The molecule has 102 valence electrons. The summed E-state index contributed by atoms with van der Waals surface area (Å²) in [6.45, 7) is 2.39. The molecule has 1 unspecified atom stereocenters. The second-order valence-electron chi connectivity index (χ2n) is 4.57. The third-order valence-corrected chi connectivity index (χ3v) is 3.42. The zero-order valence-electron chi connectivity index (χ0n) is 11.1. The molecular weight excluding hydrogens is 262 g/mol. The summed E-state index contributed by atoms with van der Waals surface area (Å²) in [5, 5.41) is 4.92. The van der Waals surface area contributed by atoms with Crippen molar-refractivity contribution in [2.24, 2.45) is 12.8 Å². The Kier molecular flexibility index (Phi) is 4.45. The minimum atomic E-state index is -0.111. The molecule has 0 aliphatic carbocycles. The van der Waals surface area contributed by atoms with Crippen molar-refractivity contribution in [1.82, 2.24) is 9.78 Å². The van der Waals surface area contributed by atoms with Crippen LogP contribution in [-0.4, -0.2) is 22.4 Å². The van der Waals surface area contributed by atoms with Crippen molar-refractivity contribution >= 4 is 11.6 Å². The molecule has 0 fully saturated rings. The molecule has 1 aromatic heterocycles. The Labute approximate surface area is 118 Å². The summed E-state index contributed by atoms with van der Waals surface area (Å²) in [5.74, 6) is 0.826. The van der Waals surface area contributed by atoms with E-state index in [1.807, 2.05) is 44.3 Å². The molecule has 1 aromatic carbocycles. The fourth-order valence-corrected chi connectivity index (χ4v) is 2.20. The van der Waals surface area contributed by atoms with E-state index < -0.39 is 0 Å². The Balaban J connectivity index is 1.92. The largest absolute Gasteiger partial charge is 0.492 e. The molecule has 0 amide bonds. The first kappa shape index (κ1) is 13.9.